The Hall–Kier alpha value is 1.51. The number of aliphatic hydroxyl groups is 1. The maximum Gasteiger partial charge on any atom is 1.00 e. The van der Waals surface area contributed by atoms with Crippen molar-refractivity contribution in [1.82, 2.24) is 0 Å². The predicted octanol–water partition coefficient (Wildman–Crippen LogP) is 2.55. The zero-order valence-electron chi connectivity index (χ0n) is 17.5. The molecule has 0 rings (SSSR count). The van der Waals surface area contributed by atoms with Gasteiger partial charge >= 0.3 is 51.4 Å². The van der Waals surface area contributed by atoms with Crippen LogP contribution in [0.25, 0.3) is 0 Å². The molecule has 0 aromatic heterocycles. The van der Waals surface area contributed by atoms with Crippen molar-refractivity contribution in [2.45, 2.75) is 128 Å². The van der Waals surface area contributed by atoms with Gasteiger partial charge < -0.3 is 9.66 Å². The smallest absolute Gasteiger partial charge is 0.748 e. The van der Waals surface area contributed by atoms with E-state index in [2.05, 4.69) is 13.8 Å². The minimum absolute atomic E-state index is 0. The van der Waals surface area contributed by atoms with Gasteiger partial charge in [-0.1, -0.05) is 90.9 Å². The molecule has 26 heavy (non-hydrogen) atoms. The molecule has 0 aliphatic heterocycles. The summed E-state index contributed by atoms with van der Waals surface area (Å²) in [6.07, 6.45) is 15.1. The first kappa shape index (κ1) is 29.7. The first-order valence-corrected chi connectivity index (χ1v) is 12.0. The van der Waals surface area contributed by atoms with Crippen molar-refractivity contribution in [2.24, 2.45) is 0 Å². The molecule has 0 radical (unpaired) electrons. The van der Waals surface area contributed by atoms with Crippen molar-refractivity contribution in [2.75, 3.05) is 0 Å². The van der Waals surface area contributed by atoms with Crippen LogP contribution < -0.4 is 51.4 Å². The van der Waals surface area contributed by atoms with E-state index in [4.69, 9.17) is 0 Å². The summed E-state index contributed by atoms with van der Waals surface area (Å²) in [6.45, 7) is 4.30. The second kappa shape index (κ2) is 19.8. The summed E-state index contributed by atoms with van der Waals surface area (Å²) in [5.41, 5.74) is 0. The third-order valence-corrected chi connectivity index (χ3v) is 6.28. The Kier molecular flexibility index (Phi) is 22.6. The molecule has 0 aliphatic rings. The van der Waals surface area contributed by atoms with Crippen molar-refractivity contribution in [3.05, 3.63) is 0 Å². The average Bonchev–Trinajstić information content (AvgIpc) is 2.55. The Morgan fingerprint density at radius 1 is 0.692 bits per heavy atom. The van der Waals surface area contributed by atoms with Gasteiger partial charge in [-0.15, -0.1) is 0 Å². The quantitative estimate of drug-likeness (QED) is 0.212. The minimum Gasteiger partial charge on any atom is -0.748 e. The first-order chi connectivity index (χ1) is 11.9. The van der Waals surface area contributed by atoms with Crippen LogP contribution in [-0.4, -0.2) is 29.4 Å². The summed E-state index contributed by atoms with van der Waals surface area (Å²) in [5, 5.41) is 9.22. The van der Waals surface area contributed by atoms with E-state index in [0.29, 0.717) is 12.8 Å². The standard InChI is InChI=1S/C20H42O4S.K/c1-3-5-7-11-15-19(21)16-12-9-10-14-18-20(25(22,23)24)17-13-8-6-4-2;/h19-21H,3-18H2,1-2H3,(H,22,23,24);/q;+1/p-1. The van der Waals surface area contributed by atoms with E-state index >= 15 is 0 Å². The van der Waals surface area contributed by atoms with E-state index in [-0.39, 0.29) is 57.5 Å². The molecule has 1 N–H and O–H groups in total. The van der Waals surface area contributed by atoms with Crippen molar-refractivity contribution >= 4 is 10.1 Å². The molecule has 6 heteroatoms. The number of rotatable bonds is 18. The van der Waals surface area contributed by atoms with Crippen molar-refractivity contribution in [3.63, 3.8) is 0 Å². The number of hydrogen-bond acceptors (Lipinski definition) is 4. The van der Waals surface area contributed by atoms with Crippen LogP contribution in [0, 0.1) is 0 Å². The molecule has 0 aromatic carbocycles. The van der Waals surface area contributed by atoms with Gasteiger partial charge in [0.15, 0.2) is 0 Å². The van der Waals surface area contributed by atoms with E-state index in [0.717, 1.165) is 70.6 Å². The van der Waals surface area contributed by atoms with Gasteiger partial charge in [-0.3, -0.25) is 0 Å². The maximum absolute atomic E-state index is 11.4. The number of hydrogen-bond donors (Lipinski definition) is 1. The maximum atomic E-state index is 11.4. The third kappa shape index (κ3) is 18.9. The summed E-state index contributed by atoms with van der Waals surface area (Å²) in [4.78, 5) is 0. The predicted molar refractivity (Wildman–Crippen MR) is 105 cm³/mol. The van der Waals surface area contributed by atoms with Gasteiger partial charge in [0, 0.05) is 5.25 Å². The zero-order valence-corrected chi connectivity index (χ0v) is 21.5. The molecule has 4 nitrogen and oxygen atoms in total. The van der Waals surface area contributed by atoms with Gasteiger partial charge in [-0.2, -0.15) is 0 Å². The van der Waals surface area contributed by atoms with Crippen molar-refractivity contribution in [1.29, 1.82) is 0 Å². The fourth-order valence-corrected chi connectivity index (χ4v) is 4.20. The summed E-state index contributed by atoms with van der Waals surface area (Å²) in [6, 6.07) is 0. The largest absolute Gasteiger partial charge is 1.00 e. The second-order valence-corrected chi connectivity index (χ2v) is 9.11. The summed E-state index contributed by atoms with van der Waals surface area (Å²) >= 11 is 0. The fourth-order valence-electron chi connectivity index (χ4n) is 3.29. The van der Waals surface area contributed by atoms with Crippen LogP contribution in [0.15, 0.2) is 0 Å². The molecule has 152 valence electrons. The topological polar surface area (TPSA) is 77.4 Å². The third-order valence-electron chi connectivity index (χ3n) is 4.99. The normalized spacial score (nSPS) is 14.0. The summed E-state index contributed by atoms with van der Waals surface area (Å²) < 4.78 is 34.1. The molecular weight excluding hydrogens is 375 g/mol. The number of unbranched alkanes of at least 4 members (excludes halogenated alkanes) is 9. The molecule has 0 fully saturated rings. The first-order valence-electron chi connectivity index (χ1n) is 10.5. The molecule has 0 spiro atoms. The molecule has 0 aromatic rings. The van der Waals surface area contributed by atoms with Gasteiger partial charge in [-0.25, -0.2) is 8.42 Å². The summed E-state index contributed by atoms with van der Waals surface area (Å²) in [5.74, 6) is 0. The second-order valence-electron chi connectivity index (χ2n) is 7.46. The van der Waals surface area contributed by atoms with E-state index in [9.17, 15) is 18.1 Å². The molecule has 0 aliphatic carbocycles. The molecular formula is C20H41KO4S. The molecule has 0 heterocycles. The molecule has 0 saturated heterocycles. The van der Waals surface area contributed by atoms with Crippen LogP contribution in [0.2, 0.25) is 0 Å². The van der Waals surface area contributed by atoms with Gasteiger partial charge in [-0.05, 0) is 25.7 Å². The van der Waals surface area contributed by atoms with Crippen molar-refractivity contribution in [3.8, 4) is 0 Å². The van der Waals surface area contributed by atoms with Crippen LogP contribution in [0.3, 0.4) is 0 Å². The molecule has 2 atom stereocenters. The van der Waals surface area contributed by atoms with E-state index in [1.165, 1.54) is 19.3 Å². The summed E-state index contributed by atoms with van der Waals surface area (Å²) in [7, 11) is -4.16. The van der Waals surface area contributed by atoms with Gasteiger partial charge in [0.1, 0.15) is 0 Å². The SMILES string of the molecule is CCCCCCC(O)CCCCCCC(CCCCCC)S(=O)(=O)[O-].[K+]. The molecule has 0 amide bonds. The van der Waals surface area contributed by atoms with Crippen LogP contribution in [0.4, 0.5) is 0 Å². The van der Waals surface area contributed by atoms with E-state index < -0.39 is 15.4 Å². The van der Waals surface area contributed by atoms with Crippen LogP contribution in [-0.2, 0) is 10.1 Å². The molecule has 0 bridgehead atoms. The monoisotopic (exact) mass is 416 g/mol. The van der Waals surface area contributed by atoms with Crippen LogP contribution in [0.1, 0.15) is 117 Å². The number of aliphatic hydroxyl groups excluding tert-OH is 1. The van der Waals surface area contributed by atoms with Crippen LogP contribution in [0.5, 0.6) is 0 Å². The fraction of sp³-hybridized carbons (Fsp3) is 1.00. The Morgan fingerprint density at radius 3 is 1.38 bits per heavy atom. The van der Waals surface area contributed by atoms with Crippen molar-refractivity contribution < 1.29 is 69.5 Å². The van der Waals surface area contributed by atoms with Gasteiger partial charge in [0.05, 0.1) is 16.2 Å². The Balaban J connectivity index is 0. The minimum atomic E-state index is -4.16. The van der Waals surface area contributed by atoms with Gasteiger partial charge in [0.2, 0.25) is 0 Å². The average molecular weight is 417 g/mol. The van der Waals surface area contributed by atoms with Gasteiger partial charge in [0.25, 0.3) is 0 Å². The van der Waals surface area contributed by atoms with E-state index in [1.807, 2.05) is 0 Å². The Morgan fingerprint density at radius 2 is 1.04 bits per heavy atom. The van der Waals surface area contributed by atoms with Crippen LogP contribution >= 0.6 is 0 Å². The van der Waals surface area contributed by atoms with E-state index in [1.54, 1.807) is 0 Å². The molecule has 2 unspecified atom stereocenters. The Bertz CT molecular complexity index is 387. The zero-order chi connectivity index (χ0) is 19.0. The Labute approximate surface area is 205 Å². The molecule has 0 saturated carbocycles.